The van der Waals surface area contributed by atoms with Crippen molar-refractivity contribution >= 4 is 28.4 Å². The summed E-state index contributed by atoms with van der Waals surface area (Å²) in [5.74, 6) is -0.659. The van der Waals surface area contributed by atoms with E-state index in [1.165, 1.54) is 24.3 Å². The molecule has 1 amide bonds. The van der Waals surface area contributed by atoms with Gasteiger partial charge in [-0.05, 0) is 42.3 Å². The Bertz CT molecular complexity index is 979. The molecule has 3 aromatic rings. The van der Waals surface area contributed by atoms with Crippen LogP contribution < -0.4 is 0 Å². The quantitative estimate of drug-likeness (QED) is 0.626. The molecule has 0 fully saturated rings. The normalized spacial score (nSPS) is 17.4. The van der Waals surface area contributed by atoms with Gasteiger partial charge in [-0.25, -0.2) is 0 Å². The zero-order chi connectivity index (χ0) is 18.5. The second kappa shape index (κ2) is 6.06. The third-order valence-electron chi connectivity index (χ3n) is 4.70. The fraction of sp³-hybridized carbons (Fsp3) is 0.211. The predicted molar refractivity (Wildman–Crippen MR) is 93.3 cm³/mol. The highest BCUT2D eigenvalue weighted by Crippen LogP contribution is 2.44. The van der Waals surface area contributed by atoms with E-state index in [-0.39, 0.29) is 17.8 Å². The number of para-hydroxylation sites is 1. The number of hydrogen-bond acceptors (Lipinski definition) is 1. The number of aromatic nitrogens is 1. The maximum absolute atomic E-state index is 13.9. The zero-order valence-corrected chi connectivity index (χ0v) is 14.2. The van der Waals surface area contributed by atoms with E-state index in [9.17, 15) is 18.0 Å². The standard InChI is InChI=1S/C19H14ClF3N2O/c20-12-7-5-11(6-8-12)18(26)25-10-9-14-13-3-1-2-4-15(13)24-16(14)17(25)19(21,22)23/h1-8,17,24H,9-10H2/t17-/m1/s1. The van der Waals surface area contributed by atoms with E-state index in [1.807, 2.05) is 0 Å². The lowest BCUT2D eigenvalue weighted by atomic mass is 9.96. The number of nitrogens with one attached hydrogen (secondary N) is 1. The van der Waals surface area contributed by atoms with Crippen molar-refractivity contribution in [3.05, 3.63) is 70.4 Å². The van der Waals surface area contributed by atoms with Gasteiger partial charge in [-0.15, -0.1) is 0 Å². The van der Waals surface area contributed by atoms with Gasteiger partial charge in [0.15, 0.2) is 6.04 Å². The molecular formula is C19H14ClF3N2O. The number of alkyl halides is 3. The van der Waals surface area contributed by atoms with Crippen molar-refractivity contribution < 1.29 is 18.0 Å². The Morgan fingerprint density at radius 1 is 1.12 bits per heavy atom. The molecule has 1 aliphatic rings. The third kappa shape index (κ3) is 2.74. The Morgan fingerprint density at radius 3 is 2.50 bits per heavy atom. The zero-order valence-electron chi connectivity index (χ0n) is 13.5. The summed E-state index contributed by atoms with van der Waals surface area (Å²) in [5, 5.41) is 1.20. The number of fused-ring (bicyclic) bond motifs is 3. The number of benzene rings is 2. The van der Waals surface area contributed by atoms with Crippen LogP contribution in [0.1, 0.15) is 27.7 Å². The molecular weight excluding hydrogens is 365 g/mol. The van der Waals surface area contributed by atoms with Crippen molar-refractivity contribution in [1.29, 1.82) is 0 Å². The Hall–Kier alpha value is -2.47. The number of amides is 1. The van der Waals surface area contributed by atoms with Crippen LogP contribution in [0.5, 0.6) is 0 Å². The first kappa shape index (κ1) is 17.0. The molecule has 1 N–H and O–H groups in total. The minimum absolute atomic E-state index is 0.000480. The molecule has 3 nitrogen and oxygen atoms in total. The summed E-state index contributed by atoms with van der Waals surface area (Å²) in [6.07, 6.45) is -4.22. The van der Waals surface area contributed by atoms with Gasteiger partial charge in [0.2, 0.25) is 0 Å². The second-order valence-electron chi connectivity index (χ2n) is 6.26. The molecule has 2 aromatic carbocycles. The van der Waals surface area contributed by atoms with E-state index < -0.39 is 18.1 Å². The molecule has 1 aromatic heterocycles. The summed E-state index contributed by atoms with van der Waals surface area (Å²) in [6.45, 7) is 0.000480. The summed E-state index contributed by atoms with van der Waals surface area (Å²) in [5.41, 5.74) is 1.51. The molecule has 0 radical (unpaired) electrons. The van der Waals surface area contributed by atoms with E-state index in [0.29, 0.717) is 22.5 Å². The number of hydrogen-bond donors (Lipinski definition) is 1. The summed E-state index contributed by atoms with van der Waals surface area (Å²) < 4.78 is 41.7. The van der Waals surface area contributed by atoms with Gasteiger partial charge in [0.1, 0.15) is 0 Å². The molecule has 0 spiro atoms. The van der Waals surface area contributed by atoms with Crippen LogP contribution in [0.15, 0.2) is 48.5 Å². The molecule has 134 valence electrons. The van der Waals surface area contributed by atoms with E-state index in [1.54, 1.807) is 24.3 Å². The van der Waals surface area contributed by atoms with Crippen molar-refractivity contribution in [2.75, 3.05) is 6.54 Å². The average Bonchev–Trinajstić information content (AvgIpc) is 2.98. The van der Waals surface area contributed by atoms with Gasteiger partial charge in [-0.1, -0.05) is 29.8 Å². The topological polar surface area (TPSA) is 36.1 Å². The van der Waals surface area contributed by atoms with Gasteiger partial charge in [-0.3, -0.25) is 4.79 Å². The van der Waals surface area contributed by atoms with Crippen LogP contribution >= 0.6 is 11.6 Å². The predicted octanol–water partition coefficient (Wildman–Crippen LogP) is 5.12. The summed E-state index contributed by atoms with van der Waals surface area (Å²) in [6, 6.07) is 11.0. The maximum Gasteiger partial charge on any atom is 0.414 e. The van der Waals surface area contributed by atoms with Crippen molar-refractivity contribution in [3.8, 4) is 0 Å². The first-order valence-electron chi connectivity index (χ1n) is 8.09. The average molecular weight is 379 g/mol. The molecule has 0 saturated heterocycles. The van der Waals surface area contributed by atoms with Crippen LogP contribution in [0.25, 0.3) is 10.9 Å². The molecule has 0 aliphatic carbocycles. The summed E-state index contributed by atoms with van der Waals surface area (Å²) >= 11 is 5.81. The molecule has 26 heavy (non-hydrogen) atoms. The van der Waals surface area contributed by atoms with Crippen molar-refractivity contribution in [3.63, 3.8) is 0 Å². The lowest BCUT2D eigenvalue weighted by Gasteiger charge is -2.36. The lowest BCUT2D eigenvalue weighted by molar-refractivity contribution is -0.182. The van der Waals surface area contributed by atoms with Crippen LogP contribution in [0, 0.1) is 0 Å². The number of rotatable bonds is 1. The fourth-order valence-electron chi connectivity index (χ4n) is 3.56. The van der Waals surface area contributed by atoms with Gasteiger partial charge < -0.3 is 9.88 Å². The monoisotopic (exact) mass is 378 g/mol. The minimum atomic E-state index is -4.59. The van der Waals surface area contributed by atoms with Crippen LogP contribution in [-0.4, -0.2) is 28.5 Å². The molecule has 1 atom stereocenters. The van der Waals surface area contributed by atoms with Crippen molar-refractivity contribution in [2.45, 2.75) is 18.6 Å². The van der Waals surface area contributed by atoms with Crippen molar-refractivity contribution in [1.82, 2.24) is 9.88 Å². The first-order chi connectivity index (χ1) is 12.4. The van der Waals surface area contributed by atoms with Gasteiger partial charge in [-0.2, -0.15) is 13.2 Å². The number of halogens is 4. The molecule has 0 saturated carbocycles. The van der Waals surface area contributed by atoms with E-state index in [4.69, 9.17) is 11.6 Å². The second-order valence-corrected chi connectivity index (χ2v) is 6.70. The van der Waals surface area contributed by atoms with E-state index in [0.717, 1.165) is 10.3 Å². The van der Waals surface area contributed by atoms with Gasteiger partial charge in [0.05, 0.1) is 5.69 Å². The van der Waals surface area contributed by atoms with Gasteiger partial charge >= 0.3 is 6.18 Å². The summed E-state index contributed by atoms with van der Waals surface area (Å²) in [7, 11) is 0. The number of nitrogens with zero attached hydrogens (tertiary/aromatic N) is 1. The smallest absolute Gasteiger partial charge is 0.356 e. The Balaban J connectivity index is 1.81. The number of H-pyrrole nitrogens is 1. The number of carbonyl (C=O) groups is 1. The molecule has 2 heterocycles. The molecule has 0 bridgehead atoms. The van der Waals surface area contributed by atoms with E-state index in [2.05, 4.69) is 4.98 Å². The van der Waals surface area contributed by atoms with Crippen molar-refractivity contribution in [2.24, 2.45) is 0 Å². The first-order valence-corrected chi connectivity index (χ1v) is 8.47. The fourth-order valence-corrected chi connectivity index (χ4v) is 3.68. The van der Waals surface area contributed by atoms with Crippen LogP contribution in [-0.2, 0) is 6.42 Å². The SMILES string of the molecule is O=C(c1ccc(Cl)cc1)N1CCc2c([nH]c3ccccc23)[C@@H]1C(F)(F)F. The van der Waals surface area contributed by atoms with Gasteiger partial charge in [0, 0.05) is 28.0 Å². The van der Waals surface area contributed by atoms with Crippen LogP contribution in [0.3, 0.4) is 0 Å². The van der Waals surface area contributed by atoms with Gasteiger partial charge in [0.25, 0.3) is 5.91 Å². The number of carbonyl (C=O) groups excluding carboxylic acids is 1. The Labute approximate surface area is 152 Å². The third-order valence-corrected chi connectivity index (χ3v) is 4.95. The van der Waals surface area contributed by atoms with Crippen LogP contribution in [0.4, 0.5) is 13.2 Å². The Kier molecular flexibility index (Phi) is 3.95. The number of aromatic amines is 1. The summed E-state index contributed by atoms with van der Waals surface area (Å²) in [4.78, 5) is 16.5. The molecule has 0 unspecified atom stereocenters. The van der Waals surface area contributed by atoms with Crippen LogP contribution in [0.2, 0.25) is 5.02 Å². The lowest BCUT2D eigenvalue weighted by Crippen LogP contribution is -2.46. The maximum atomic E-state index is 13.9. The Morgan fingerprint density at radius 2 is 1.81 bits per heavy atom. The largest absolute Gasteiger partial charge is 0.414 e. The highest BCUT2D eigenvalue weighted by molar-refractivity contribution is 6.30. The molecule has 7 heteroatoms. The molecule has 4 rings (SSSR count). The highest BCUT2D eigenvalue weighted by atomic mass is 35.5. The molecule has 1 aliphatic heterocycles. The highest BCUT2D eigenvalue weighted by Gasteiger charge is 2.50. The van der Waals surface area contributed by atoms with E-state index >= 15 is 0 Å². The minimum Gasteiger partial charge on any atom is -0.356 e.